The number of amides is 1. The number of anilines is 1. The summed E-state index contributed by atoms with van der Waals surface area (Å²) >= 11 is 7.47. The van der Waals surface area contributed by atoms with Crippen LogP contribution in [0.25, 0.3) is 0 Å². The van der Waals surface area contributed by atoms with Gasteiger partial charge in [0.25, 0.3) is 5.91 Å². The van der Waals surface area contributed by atoms with Crippen molar-refractivity contribution in [2.45, 2.75) is 17.3 Å². The zero-order valence-corrected chi connectivity index (χ0v) is 11.8. The SMILES string of the molecule is CC1Sc2ncccc2C(=O)N1c1ccc(Cl)cc1. The highest BCUT2D eigenvalue weighted by molar-refractivity contribution is 8.00. The van der Waals surface area contributed by atoms with Crippen LogP contribution in [0.3, 0.4) is 0 Å². The van der Waals surface area contributed by atoms with Crippen LogP contribution in [-0.2, 0) is 0 Å². The molecule has 3 rings (SSSR count). The monoisotopic (exact) mass is 290 g/mol. The van der Waals surface area contributed by atoms with E-state index in [0.717, 1.165) is 10.7 Å². The highest BCUT2D eigenvalue weighted by Gasteiger charge is 2.32. The molecule has 1 aliphatic rings. The number of hydrogen-bond donors (Lipinski definition) is 0. The fourth-order valence-corrected chi connectivity index (χ4v) is 3.26. The smallest absolute Gasteiger partial charge is 0.261 e. The number of rotatable bonds is 1. The summed E-state index contributed by atoms with van der Waals surface area (Å²) in [6.07, 6.45) is 1.71. The summed E-state index contributed by atoms with van der Waals surface area (Å²) in [7, 11) is 0. The van der Waals surface area contributed by atoms with E-state index in [1.807, 2.05) is 25.1 Å². The van der Waals surface area contributed by atoms with E-state index in [0.29, 0.717) is 10.6 Å². The van der Waals surface area contributed by atoms with Crippen molar-refractivity contribution >= 4 is 35.0 Å². The van der Waals surface area contributed by atoms with Gasteiger partial charge in [0.05, 0.1) is 10.9 Å². The molecule has 1 aromatic carbocycles. The van der Waals surface area contributed by atoms with Gasteiger partial charge in [0, 0.05) is 16.9 Å². The van der Waals surface area contributed by atoms with Crippen molar-refractivity contribution in [3.05, 3.63) is 53.2 Å². The second-order valence-corrected chi connectivity index (χ2v) is 5.97. The van der Waals surface area contributed by atoms with Crippen molar-refractivity contribution in [1.82, 2.24) is 4.98 Å². The number of nitrogens with zero attached hydrogens (tertiary/aromatic N) is 2. The molecule has 1 atom stereocenters. The van der Waals surface area contributed by atoms with Crippen molar-refractivity contribution in [1.29, 1.82) is 0 Å². The molecule has 0 radical (unpaired) electrons. The number of carbonyl (C=O) groups is 1. The molecule has 0 bridgehead atoms. The molecule has 3 nitrogen and oxygen atoms in total. The first kappa shape index (κ1) is 12.5. The van der Waals surface area contributed by atoms with Crippen molar-refractivity contribution in [3.8, 4) is 0 Å². The van der Waals surface area contributed by atoms with E-state index in [1.54, 1.807) is 41.1 Å². The number of thioether (sulfide) groups is 1. The molecular weight excluding hydrogens is 280 g/mol. The predicted octanol–water partition coefficient (Wildman–Crippen LogP) is 3.83. The number of aromatic nitrogens is 1. The van der Waals surface area contributed by atoms with Gasteiger partial charge in [0.2, 0.25) is 0 Å². The zero-order valence-electron chi connectivity index (χ0n) is 10.2. The van der Waals surface area contributed by atoms with Crippen LogP contribution in [0.2, 0.25) is 5.02 Å². The molecule has 0 aliphatic carbocycles. The van der Waals surface area contributed by atoms with Crippen LogP contribution in [0.15, 0.2) is 47.6 Å². The van der Waals surface area contributed by atoms with E-state index in [4.69, 9.17) is 11.6 Å². The van der Waals surface area contributed by atoms with Gasteiger partial charge in [-0.25, -0.2) is 4.98 Å². The highest BCUT2D eigenvalue weighted by atomic mass is 35.5. The maximum Gasteiger partial charge on any atom is 0.261 e. The van der Waals surface area contributed by atoms with Gasteiger partial charge >= 0.3 is 0 Å². The van der Waals surface area contributed by atoms with Crippen molar-refractivity contribution in [2.24, 2.45) is 0 Å². The molecule has 1 aliphatic heterocycles. The Kier molecular flexibility index (Phi) is 3.21. The van der Waals surface area contributed by atoms with Gasteiger partial charge in [-0.15, -0.1) is 0 Å². The number of hydrogen-bond acceptors (Lipinski definition) is 3. The van der Waals surface area contributed by atoms with Crippen LogP contribution in [0.5, 0.6) is 0 Å². The van der Waals surface area contributed by atoms with Crippen LogP contribution in [0.4, 0.5) is 5.69 Å². The summed E-state index contributed by atoms with van der Waals surface area (Å²) < 4.78 is 0. The second kappa shape index (κ2) is 4.87. The normalized spacial score (nSPS) is 18.3. The molecule has 1 aromatic heterocycles. The molecule has 0 spiro atoms. The fourth-order valence-electron chi connectivity index (χ4n) is 2.09. The Morgan fingerprint density at radius 2 is 2.00 bits per heavy atom. The van der Waals surface area contributed by atoms with Gasteiger partial charge < -0.3 is 0 Å². The Hall–Kier alpha value is -1.52. The second-order valence-electron chi connectivity index (χ2n) is 4.22. The molecule has 0 fully saturated rings. The largest absolute Gasteiger partial charge is 0.296 e. The predicted molar refractivity (Wildman–Crippen MR) is 77.8 cm³/mol. The van der Waals surface area contributed by atoms with Gasteiger partial charge in [-0.05, 0) is 43.3 Å². The Morgan fingerprint density at radius 1 is 1.26 bits per heavy atom. The van der Waals surface area contributed by atoms with E-state index in [9.17, 15) is 4.79 Å². The maximum atomic E-state index is 12.6. The number of fused-ring (bicyclic) bond motifs is 1. The molecular formula is C14H11ClN2OS. The number of carbonyl (C=O) groups excluding carboxylic acids is 1. The third-order valence-electron chi connectivity index (χ3n) is 2.97. The first-order valence-corrected chi connectivity index (χ1v) is 7.13. The Morgan fingerprint density at radius 3 is 2.74 bits per heavy atom. The van der Waals surface area contributed by atoms with Crippen LogP contribution < -0.4 is 4.90 Å². The summed E-state index contributed by atoms with van der Waals surface area (Å²) in [6, 6.07) is 10.9. The van der Waals surface area contributed by atoms with E-state index >= 15 is 0 Å². The highest BCUT2D eigenvalue weighted by Crippen LogP contribution is 2.36. The Balaban J connectivity index is 2.04. The lowest BCUT2D eigenvalue weighted by Gasteiger charge is -2.33. The third-order valence-corrected chi connectivity index (χ3v) is 4.32. The zero-order chi connectivity index (χ0) is 13.4. The van der Waals surface area contributed by atoms with E-state index in [2.05, 4.69) is 4.98 Å². The number of halogens is 1. The fraction of sp³-hybridized carbons (Fsp3) is 0.143. The molecule has 1 amide bonds. The molecule has 2 aromatic rings. The van der Waals surface area contributed by atoms with Crippen molar-refractivity contribution in [2.75, 3.05) is 4.90 Å². The Labute approximate surface area is 120 Å². The lowest BCUT2D eigenvalue weighted by Crippen LogP contribution is -2.40. The summed E-state index contributed by atoms with van der Waals surface area (Å²) in [5, 5.41) is 1.47. The van der Waals surface area contributed by atoms with E-state index < -0.39 is 0 Å². The van der Waals surface area contributed by atoms with Gasteiger partial charge in [0.15, 0.2) is 0 Å². The molecule has 5 heteroatoms. The number of benzene rings is 1. The topological polar surface area (TPSA) is 33.2 Å². The molecule has 19 heavy (non-hydrogen) atoms. The van der Waals surface area contributed by atoms with Crippen LogP contribution in [0, 0.1) is 0 Å². The van der Waals surface area contributed by atoms with Gasteiger partial charge in [-0.1, -0.05) is 23.4 Å². The van der Waals surface area contributed by atoms with Crippen molar-refractivity contribution in [3.63, 3.8) is 0 Å². The van der Waals surface area contributed by atoms with Crippen molar-refractivity contribution < 1.29 is 4.79 Å². The molecule has 0 N–H and O–H groups in total. The quantitative estimate of drug-likeness (QED) is 0.800. The molecule has 1 unspecified atom stereocenters. The van der Waals surface area contributed by atoms with Gasteiger partial charge in [-0.3, -0.25) is 9.69 Å². The molecule has 96 valence electrons. The maximum absolute atomic E-state index is 12.6. The summed E-state index contributed by atoms with van der Waals surface area (Å²) in [4.78, 5) is 18.6. The summed E-state index contributed by atoms with van der Waals surface area (Å²) in [5.41, 5.74) is 1.50. The van der Waals surface area contributed by atoms with E-state index in [1.165, 1.54) is 0 Å². The minimum Gasteiger partial charge on any atom is -0.296 e. The van der Waals surface area contributed by atoms with Crippen LogP contribution >= 0.6 is 23.4 Å². The first-order valence-electron chi connectivity index (χ1n) is 5.87. The minimum atomic E-state index is -0.0170. The molecule has 0 saturated carbocycles. The average molecular weight is 291 g/mol. The van der Waals surface area contributed by atoms with E-state index in [-0.39, 0.29) is 11.3 Å². The summed E-state index contributed by atoms with van der Waals surface area (Å²) in [6.45, 7) is 1.99. The average Bonchev–Trinajstić information content (AvgIpc) is 2.41. The van der Waals surface area contributed by atoms with Gasteiger partial charge in [-0.2, -0.15) is 0 Å². The first-order chi connectivity index (χ1) is 9.16. The Bertz CT molecular complexity index is 630. The minimum absolute atomic E-state index is 0.0103. The van der Waals surface area contributed by atoms with Crippen LogP contribution in [0.1, 0.15) is 17.3 Å². The molecule has 2 heterocycles. The third kappa shape index (κ3) is 2.22. The summed E-state index contributed by atoms with van der Waals surface area (Å²) in [5.74, 6) is -0.0170. The lowest BCUT2D eigenvalue weighted by molar-refractivity contribution is 0.0979. The standard InChI is InChI=1S/C14H11ClN2OS/c1-9-17(11-6-4-10(15)5-7-11)14(18)12-3-2-8-16-13(12)19-9/h2-9H,1H3. The van der Waals surface area contributed by atoms with Gasteiger partial charge in [0.1, 0.15) is 5.03 Å². The lowest BCUT2D eigenvalue weighted by atomic mass is 10.2. The number of pyridine rings is 1. The molecule has 0 saturated heterocycles. The van der Waals surface area contributed by atoms with Crippen LogP contribution in [-0.4, -0.2) is 16.3 Å².